The smallest absolute Gasteiger partial charge is 0.311 e. The van der Waals surface area contributed by atoms with E-state index in [-0.39, 0.29) is 27.5 Å². The Hall–Kier alpha value is -3.05. The van der Waals surface area contributed by atoms with E-state index < -0.39 is 16.7 Å². The number of fused-ring (bicyclic) bond motifs is 1. The highest BCUT2D eigenvalue weighted by molar-refractivity contribution is 7.80. The second-order valence-electron chi connectivity index (χ2n) is 8.93. The Labute approximate surface area is 200 Å². The van der Waals surface area contributed by atoms with Gasteiger partial charge < -0.3 is 15.8 Å². The van der Waals surface area contributed by atoms with Gasteiger partial charge in [-0.05, 0) is 60.5 Å². The van der Waals surface area contributed by atoms with E-state index in [4.69, 9.17) is 22.7 Å². The molecule has 9 nitrogen and oxygen atoms in total. The first-order valence-corrected chi connectivity index (χ1v) is 11.5. The van der Waals surface area contributed by atoms with Gasteiger partial charge in [-0.2, -0.15) is 0 Å². The molecule has 0 radical (unpaired) electrons. The van der Waals surface area contributed by atoms with E-state index in [2.05, 4.69) is 31.4 Å². The first kappa shape index (κ1) is 24.6. The third-order valence-corrected chi connectivity index (χ3v) is 7.20. The number of thiophene rings is 1. The fraction of sp³-hybridized carbons (Fsp3) is 0.409. The van der Waals surface area contributed by atoms with Gasteiger partial charge in [0.2, 0.25) is 0 Å². The molecule has 0 fully saturated rings. The summed E-state index contributed by atoms with van der Waals surface area (Å²) in [6.45, 7) is 6.62. The molecule has 1 heterocycles. The third kappa shape index (κ3) is 5.31. The molecule has 33 heavy (non-hydrogen) atoms. The van der Waals surface area contributed by atoms with Crippen LogP contribution in [0.5, 0.6) is 5.75 Å². The molecular formula is C22H26N4O5S2. The van der Waals surface area contributed by atoms with E-state index in [0.717, 1.165) is 35.8 Å². The van der Waals surface area contributed by atoms with E-state index in [1.807, 2.05) is 0 Å². The molecule has 1 aromatic heterocycles. The molecule has 2 amide bonds. The molecule has 0 saturated heterocycles. The lowest BCUT2D eigenvalue weighted by Gasteiger charge is -2.33. The number of ether oxygens (including phenoxy) is 1. The van der Waals surface area contributed by atoms with E-state index in [0.29, 0.717) is 16.5 Å². The predicted molar refractivity (Wildman–Crippen MR) is 131 cm³/mol. The minimum absolute atomic E-state index is 0.0352. The van der Waals surface area contributed by atoms with Crippen molar-refractivity contribution in [3.63, 3.8) is 0 Å². The number of carbonyl (C=O) groups excluding carboxylic acids is 2. The summed E-state index contributed by atoms with van der Waals surface area (Å²) in [7, 11) is 1.31. The maximum absolute atomic E-state index is 12.6. The third-order valence-electron chi connectivity index (χ3n) is 5.83. The monoisotopic (exact) mass is 490 g/mol. The van der Waals surface area contributed by atoms with Crippen LogP contribution in [0, 0.1) is 21.4 Å². The van der Waals surface area contributed by atoms with Gasteiger partial charge >= 0.3 is 5.69 Å². The van der Waals surface area contributed by atoms with Crippen molar-refractivity contribution in [1.82, 2.24) is 5.32 Å². The Morgan fingerprint density at radius 3 is 2.61 bits per heavy atom. The van der Waals surface area contributed by atoms with Crippen LogP contribution >= 0.6 is 23.6 Å². The first-order chi connectivity index (χ1) is 15.4. The number of thiocarbonyl (C=S) groups is 1. The normalized spacial score (nSPS) is 15.3. The van der Waals surface area contributed by atoms with Crippen molar-refractivity contribution < 1.29 is 19.2 Å². The number of carbonyl (C=O) groups is 2. The zero-order valence-corrected chi connectivity index (χ0v) is 20.4. The molecule has 1 unspecified atom stereocenters. The predicted octanol–water partition coefficient (Wildman–Crippen LogP) is 4.04. The largest absolute Gasteiger partial charge is 0.490 e. The van der Waals surface area contributed by atoms with Crippen LogP contribution in [0.15, 0.2) is 18.2 Å². The standard InChI is InChI=1S/C22H26N4O5S2/c1-22(2,3)12-6-7-13-16(10-12)33-20(17(13)18(23)27)25-21(32)24-19(28)11-5-8-15(31-4)14(9-11)26(29)30/h5,8-9,12H,6-7,10H2,1-4H3,(H2,23,27)(H2,24,25,28,32). The Morgan fingerprint density at radius 1 is 1.33 bits per heavy atom. The molecule has 176 valence electrons. The summed E-state index contributed by atoms with van der Waals surface area (Å²) in [4.78, 5) is 36.5. The SMILES string of the molecule is COc1ccc(C(=O)NC(=S)Nc2sc3c(c2C(N)=O)CCC(C(C)(C)C)C3)cc1[N+](=O)[O-]. The maximum atomic E-state index is 12.6. The van der Waals surface area contributed by atoms with E-state index in [9.17, 15) is 19.7 Å². The topological polar surface area (TPSA) is 137 Å². The number of nitrogens with two attached hydrogens (primary N) is 1. The average molecular weight is 491 g/mol. The highest BCUT2D eigenvalue weighted by Crippen LogP contribution is 2.44. The summed E-state index contributed by atoms with van der Waals surface area (Å²) in [6, 6.07) is 3.85. The molecule has 0 spiro atoms. The number of methoxy groups -OCH3 is 1. The summed E-state index contributed by atoms with van der Waals surface area (Å²) in [5, 5.41) is 17.1. The number of nitro groups is 1. The number of nitro benzene ring substituents is 1. The molecule has 3 rings (SSSR count). The molecule has 0 aliphatic heterocycles. The Morgan fingerprint density at radius 2 is 2.03 bits per heavy atom. The van der Waals surface area contributed by atoms with E-state index >= 15 is 0 Å². The van der Waals surface area contributed by atoms with Gasteiger partial charge in [-0.1, -0.05) is 20.8 Å². The van der Waals surface area contributed by atoms with Crippen LogP contribution in [0.1, 0.15) is 58.3 Å². The van der Waals surface area contributed by atoms with E-state index in [1.54, 1.807) is 0 Å². The van der Waals surface area contributed by atoms with Crippen molar-refractivity contribution in [3.8, 4) is 5.75 Å². The zero-order chi connectivity index (χ0) is 24.5. The highest BCUT2D eigenvalue weighted by Gasteiger charge is 2.33. The second-order valence-corrected chi connectivity index (χ2v) is 10.4. The highest BCUT2D eigenvalue weighted by atomic mass is 32.1. The van der Waals surface area contributed by atoms with Crippen LogP contribution in [-0.4, -0.2) is 29.0 Å². The lowest BCUT2D eigenvalue weighted by atomic mass is 9.72. The molecule has 0 saturated carbocycles. The van der Waals surface area contributed by atoms with Crippen LogP contribution in [0.4, 0.5) is 10.7 Å². The molecule has 2 aromatic rings. The Bertz CT molecular complexity index is 1140. The number of primary amides is 1. The van der Waals surface area contributed by atoms with Crippen LogP contribution in [-0.2, 0) is 12.8 Å². The lowest BCUT2D eigenvalue weighted by Crippen LogP contribution is -2.34. The number of nitrogens with zero attached hydrogens (tertiary/aromatic N) is 1. The van der Waals surface area contributed by atoms with Crippen molar-refractivity contribution in [2.24, 2.45) is 17.1 Å². The Balaban J connectivity index is 1.79. The van der Waals surface area contributed by atoms with Gasteiger partial charge in [-0.3, -0.25) is 25.0 Å². The van der Waals surface area contributed by atoms with Gasteiger partial charge in [0.15, 0.2) is 10.9 Å². The van der Waals surface area contributed by atoms with Crippen LogP contribution in [0.2, 0.25) is 0 Å². The molecule has 1 aliphatic rings. The van der Waals surface area contributed by atoms with Crippen molar-refractivity contribution in [1.29, 1.82) is 0 Å². The van der Waals surface area contributed by atoms with Crippen molar-refractivity contribution in [3.05, 3.63) is 49.9 Å². The van der Waals surface area contributed by atoms with Gasteiger partial charge in [-0.25, -0.2) is 0 Å². The van der Waals surface area contributed by atoms with Gasteiger partial charge in [0, 0.05) is 16.5 Å². The van der Waals surface area contributed by atoms with Crippen LogP contribution in [0.3, 0.4) is 0 Å². The number of rotatable bonds is 5. The van der Waals surface area contributed by atoms with E-state index in [1.165, 1.54) is 30.6 Å². The van der Waals surface area contributed by atoms with Gasteiger partial charge in [0.05, 0.1) is 17.6 Å². The lowest BCUT2D eigenvalue weighted by molar-refractivity contribution is -0.385. The summed E-state index contributed by atoms with van der Waals surface area (Å²) in [5.41, 5.74) is 6.86. The van der Waals surface area contributed by atoms with Gasteiger partial charge in [-0.15, -0.1) is 11.3 Å². The number of benzene rings is 1. The summed E-state index contributed by atoms with van der Waals surface area (Å²) in [5.74, 6) is -0.659. The van der Waals surface area contributed by atoms with Gasteiger partial charge in [0.1, 0.15) is 5.00 Å². The summed E-state index contributed by atoms with van der Waals surface area (Å²) in [6.07, 6.45) is 2.56. The minimum atomic E-state index is -0.633. The average Bonchev–Trinajstić information content (AvgIpc) is 3.09. The molecule has 1 aromatic carbocycles. The molecule has 4 N–H and O–H groups in total. The summed E-state index contributed by atoms with van der Waals surface area (Å²) < 4.78 is 4.95. The molecular weight excluding hydrogens is 464 g/mol. The molecule has 1 aliphatic carbocycles. The van der Waals surface area contributed by atoms with Crippen molar-refractivity contribution >= 4 is 51.2 Å². The number of hydrogen-bond acceptors (Lipinski definition) is 7. The fourth-order valence-corrected chi connectivity index (χ4v) is 5.55. The number of anilines is 1. The van der Waals surface area contributed by atoms with Crippen LogP contribution < -0.4 is 21.1 Å². The van der Waals surface area contributed by atoms with Crippen molar-refractivity contribution in [2.45, 2.75) is 40.0 Å². The number of nitrogens with one attached hydrogen (secondary N) is 2. The quantitative estimate of drug-likeness (QED) is 0.327. The molecule has 0 bridgehead atoms. The molecule has 1 atom stereocenters. The Kier molecular flexibility index (Phi) is 7.03. The van der Waals surface area contributed by atoms with Crippen molar-refractivity contribution in [2.75, 3.05) is 12.4 Å². The van der Waals surface area contributed by atoms with Gasteiger partial charge in [0.25, 0.3) is 11.8 Å². The minimum Gasteiger partial charge on any atom is -0.490 e. The van der Waals surface area contributed by atoms with Crippen LogP contribution in [0.25, 0.3) is 0 Å². The first-order valence-electron chi connectivity index (χ1n) is 10.3. The second kappa shape index (κ2) is 9.44. The number of hydrogen-bond donors (Lipinski definition) is 3. The summed E-state index contributed by atoms with van der Waals surface area (Å²) >= 11 is 6.68. The maximum Gasteiger partial charge on any atom is 0.311 e. The molecule has 11 heteroatoms. The fourth-order valence-electron chi connectivity index (χ4n) is 3.96. The number of amides is 2. The zero-order valence-electron chi connectivity index (χ0n) is 18.8.